The average molecular weight is 250 g/mol. The van der Waals surface area contributed by atoms with Crippen molar-refractivity contribution in [3.8, 4) is 0 Å². The van der Waals surface area contributed by atoms with Crippen LogP contribution in [-0.4, -0.2) is 40.0 Å². The molecule has 1 aromatic rings. The smallest absolute Gasteiger partial charge is 0.382 e. The molecule has 0 spiro atoms. The highest BCUT2D eigenvalue weighted by molar-refractivity contribution is 5.90. The number of carbonyl (C=O) groups is 1. The van der Waals surface area contributed by atoms with Gasteiger partial charge in [-0.1, -0.05) is 0 Å². The number of nitrogens with zero attached hydrogens (tertiary/aromatic N) is 2. The molecule has 6 nitrogen and oxygen atoms in total. The van der Waals surface area contributed by atoms with Crippen LogP contribution in [0.15, 0.2) is 12.1 Å². The van der Waals surface area contributed by atoms with Crippen molar-refractivity contribution < 1.29 is 23.1 Å². The predicted molar refractivity (Wildman–Crippen MR) is 51.1 cm³/mol. The molecule has 17 heavy (non-hydrogen) atoms. The Balaban J connectivity index is 2.56. The highest BCUT2D eigenvalue weighted by atomic mass is 19.4. The maximum Gasteiger partial charge on any atom is 0.416 e. The van der Waals surface area contributed by atoms with Gasteiger partial charge in [0, 0.05) is 0 Å². The van der Waals surface area contributed by atoms with Gasteiger partial charge in [0.25, 0.3) is 5.91 Å². The van der Waals surface area contributed by atoms with Crippen LogP contribution < -0.4 is 11.1 Å². The molecule has 0 bridgehead atoms. The molecule has 0 saturated heterocycles. The number of anilines is 1. The Labute approximate surface area is 93.6 Å². The van der Waals surface area contributed by atoms with E-state index >= 15 is 0 Å². The third kappa shape index (κ3) is 3.87. The van der Waals surface area contributed by atoms with Gasteiger partial charge in [-0.25, -0.2) is 0 Å². The van der Waals surface area contributed by atoms with Crippen molar-refractivity contribution in [3.05, 3.63) is 17.8 Å². The molecule has 1 amide bonds. The topological polar surface area (TPSA) is 101 Å². The van der Waals surface area contributed by atoms with Crippen molar-refractivity contribution in [2.45, 2.75) is 12.3 Å². The maximum atomic E-state index is 11.9. The lowest BCUT2D eigenvalue weighted by Gasteiger charge is -2.14. The van der Waals surface area contributed by atoms with E-state index in [-0.39, 0.29) is 11.5 Å². The molecule has 1 rings (SSSR count). The Morgan fingerprint density at radius 2 is 2.12 bits per heavy atom. The van der Waals surface area contributed by atoms with E-state index in [0.29, 0.717) is 0 Å². The van der Waals surface area contributed by atoms with Gasteiger partial charge in [-0.15, -0.1) is 10.2 Å². The number of nitrogens with one attached hydrogen (secondary N) is 1. The van der Waals surface area contributed by atoms with Gasteiger partial charge in [0.2, 0.25) is 0 Å². The van der Waals surface area contributed by atoms with E-state index in [1.165, 1.54) is 12.1 Å². The largest absolute Gasteiger partial charge is 0.416 e. The number of hydrogen-bond acceptors (Lipinski definition) is 5. The van der Waals surface area contributed by atoms with Crippen LogP contribution in [0.25, 0.3) is 0 Å². The van der Waals surface area contributed by atoms with E-state index in [9.17, 15) is 18.0 Å². The Kier molecular flexibility index (Phi) is 3.84. The molecule has 0 aromatic carbocycles. The number of aliphatic hydroxyl groups is 1. The molecule has 0 fully saturated rings. The van der Waals surface area contributed by atoms with Crippen molar-refractivity contribution >= 4 is 11.7 Å². The van der Waals surface area contributed by atoms with Crippen LogP contribution in [0.2, 0.25) is 0 Å². The lowest BCUT2D eigenvalue weighted by atomic mass is 10.3. The number of primary amides is 1. The van der Waals surface area contributed by atoms with Gasteiger partial charge < -0.3 is 16.2 Å². The van der Waals surface area contributed by atoms with Crippen molar-refractivity contribution in [1.82, 2.24) is 10.2 Å². The van der Waals surface area contributed by atoms with Gasteiger partial charge in [0.1, 0.15) is 5.82 Å². The average Bonchev–Trinajstić information content (AvgIpc) is 2.25. The number of alkyl halides is 3. The summed E-state index contributed by atoms with van der Waals surface area (Å²) in [6.45, 7) is -0.756. The Bertz CT molecular complexity index is 393. The minimum atomic E-state index is -4.70. The Morgan fingerprint density at radius 1 is 1.47 bits per heavy atom. The fourth-order valence-corrected chi connectivity index (χ4v) is 0.875. The molecule has 0 saturated carbocycles. The molecule has 94 valence electrons. The van der Waals surface area contributed by atoms with Crippen LogP contribution in [-0.2, 0) is 0 Å². The molecule has 1 atom stereocenters. The number of hydrogen-bond donors (Lipinski definition) is 3. The van der Waals surface area contributed by atoms with Crippen LogP contribution in [0.4, 0.5) is 19.0 Å². The summed E-state index contributed by atoms with van der Waals surface area (Å²) in [4.78, 5) is 10.6. The Hall–Kier alpha value is -1.90. The van der Waals surface area contributed by atoms with Crippen molar-refractivity contribution in [1.29, 1.82) is 0 Å². The van der Waals surface area contributed by atoms with Crippen LogP contribution in [0.1, 0.15) is 10.5 Å². The van der Waals surface area contributed by atoms with Crippen molar-refractivity contribution in [2.24, 2.45) is 5.73 Å². The second kappa shape index (κ2) is 4.95. The first-order valence-corrected chi connectivity index (χ1v) is 4.43. The van der Waals surface area contributed by atoms with E-state index in [4.69, 9.17) is 10.8 Å². The molecule has 1 aromatic heterocycles. The standard InChI is InChI=1S/C8H9F3N4O2/c9-8(10,11)5(16)3-13-6-2-1-4(7(12)17)14-15-6/h1-2,5,16H,3H2,(H2,12,17)(H,13,15). The van der Waals surface area contributed by atoms with Crippen LogP contribution in [0.5, 0.6) is 0 Å². The summed E-state index contributed by atoms with van der Waals surface area (Å²) in [7, 11) is 0. The van der Waals surface area contributed by atoms with Crippen LogP contribution in [0, 0.1) is 0 Å². The number of nitrogens with two attached hydrogens (primary N) is 1. The third-order valence-electron chi connectivity index (χ3n) is 1.77. The zero-order valence-electron chi connectivity index (χ0n) is 8.40. The fourth-order valence-electron chi connectivity index (χ4n) is 0.875. The SMILES string of the molecule is NC(=O)c1ccc(NCC(O)C(F)(F)F)nn1. The van der Waals surface area contributed by atoms with E-state index in [0.717, 1.165) is 0 Å². The number of halogens is 3. The summed E-state index contributed by atoms with van der Waals surface area (Å²) in [5.74, 6) is -0.794. The molecule has 9 heteroatoms. The summed E-state index contributed by atoms with van der Waals surface area (Å²) in [5.41, 5.74) is 4.79. The van der Waals surface area contributed by atoms with Crippen LogP contribution >= 0.6 is 0 Å². The van der Waals surface area contributed by atoms with Gasteiger partial charge >= 0.3 is 6.18 Å². The van der Waals surface area contributed by atoms with Crippen molar-refractivity contribution in [2.75, 3.05) is 11.9 Å². The second-order valence-corrected chi connectivity index (χ2v) is 3.11. The van der Waals surface area contributed by atoms with E-state index in [1.807, 2.05) is 0 Å². The third-order valence-corrected chi connectivity index (χ3v) is 1.77. The fraction of sp³-hybridized carbons (Fsp3) is 0.375. The van der Waals surface area contributed by atoms with E-state index < -0.39 is 24.7 Å². The summed E-state index contributed by atoms with van der Waals surface area (Å²) in [5, 5.41) is 17.7. The summed E-state index contributed by atoms with van der Waals surface area (Å²) < 4.78 is 35.8. The van der Waals surface area contributed by atoms with E-state index in [1.54, 1.807) is 0 Å². The maximum absolute atomic E-state index is 11.9. The molecule has 0 aliphatic carbocycles. The summed E-state index contributed by atoms with van der Waals surface area (Å²) >= 11 is 0. The first kappa shape index (κ1) is 13.2. The lowest BCUT2D eigenvalue weighted by Crippen LogP contribution is -2.35. The second-order valence-electron chi connectivity index (χ2n) is 3.11. The summed E-state index contributed by atoms with van der Waals surface area (Å²) in [6, 6.07) is 2.44. The quantitative estimate of drug-likeness (QED) is 0.693. The van der Waals surface area contributed by atoms with Gasteiger partial charge in [-0.3, -0.25) is 4.79 Å². The van der Waals surface area contributed by atoms with Gasteiger partial charge in [0.15, 0.2) is 11.8 Å². The molecule has 0 aliphatic heterocycles. The molecular formula is C8H9F3N4O2. The predicted octanol–water partition coefficient (Wildman–Crippen LogP) is -0.0894. The number of rotatable bonds is 4. The van der Waals surface area contributed by atoms with Gasteiger partial charge in [-0.2, -0.15) is 13.2 Å². The highest BCUT2D eigenvalue weighted by Gasteiger charge is 2.37. The number of aliphatic hydroxyl groups excluding tert-OH is 1. The number of amides is 1. The molecule has 4 N–H and O–H groups in total. The number of aromatic nitrogens is 2. The molecule has 0 aliphatic rings. The Morgan fingerprint density at radius 3 is 2.53 bits per heavy atom. The molecule has 1 heterocycles. The molecular weight excluding hydrogens is 241 g/mol. The van der Waals surface area contributed by atoms with Crippen molar-refractivity contribution in [3.63, 3.8) is 0 Å². The van der Waals surface area contributed by atoms with Gasteiger partial charge in [-0.05, 0) is 12.1 Å². The normalized spacial score (nSPS) is 13.2. The first-order chi connectivity index (χ1) is 7.80. The number of carbonyl (C=O) groups excluding carboxylic acids is 1. The zero-order chi connectivity index (χ0) is 13.1. The monoisotopic (exact) mass is 250 g/mol. The minimum absolute atomic E-state index is 0.00157. The zero-order valence-corrected chi connectivity index (χ0v) is 8.40. The molecule has 1 unspecified atom stereocenters. The van der Waals surface area contributed by atoms with Crippen LogP contribution in [0.3, 0.4) is 0 Å². The first-order valence-electron chi connectivity index (χ1n) is 4.43. The summed E-state index contributed by atoms with van der Waals surface area (Å²) in [6.07, 6.45) is -7.20. The lowest BCUT2D eigenvalue weighted by molar-refractivity contribution is -0.198. The highest BCUT2D eigenvalue weighted by Crippen LogP contribution is 2.19. The minimum Gasteiger partial charge on any atom is -0.382 e. The van der Waals surface area contributed by atoms with E-state index in [2.05, 4.69) is 15.5 Å². The van der Waals surface area contributed by atoms with Gasteiger partial charge in [0.05, 0.1) is 6.54 Å². The molecule has 0 radical (unpaired) electrons.